The molecule has 0 aliphatic rings. The number of nitrogen functional groups attached to an aromatic ring is 1. The number of benzene rings is 2. The average Bonchev–Trinajstić information content (AvgIpc) is 2.40. The Hall–Kier alpha value is -2.05. The highest BCUT2D eigenvalue weighted by atomic mass is 32.2. The van der Waals surface area contributed by atoms with Gasteiger partial charge in [-0.1, -0.05) is 18.2 Å². The normalized spacial score (nSPS) is 11.3. The number of nitrogens with one attached hydrogen (secondary N) is 1. The Morgan fingerprint density at radius 1 is 1.19 bits per heavy atom. The van der Waals surface area contributed by atoms with Crippen molar-refractivity contribution >= 4 is 21.4 Å². The molecule has 5 nitrogen and oxygen atoms in total. The molecule has 21 heavy (non-hydrogen) atoms. The number of anilines is 2. The molecule has 2 rings (SSSR count). The van der Waals surface area contributed by atoms with Crippen LogP contribution in [0, 0.1) is 6.92 Å². The standard InChI is InChI=1S/C15H18N2O3S/c1-11-9-13(16)7-8-15(11)21(18,19)17-14-6-4-3-5-12(14)10-20-2/h3-9,17H,10,16H2,1-2H3. The van der Waals surface area contributed by atoms with Gasteiger partial charge in [0.2, 0.25) is 0 Å². The monoisotopic (exact) mass is 306 g/mol. The van der Waals surface area contributed by atoms with Crippen molar-refractivity contribution in [2.24, 2.45) is 0 Å². The van der Waals surface area contributed by atoms with E-state index < -0.39 is 10.0 Å². The van der Waals surface area contributed by atoms with E-state index in [1.807, 2.05) is 12.1 Å². The van der Waals surface area contributed by atoms with E-state index in [9.17, 15) is 8.42 Å². The van der Waals surface area contributed by atoms with Gasteiger partial charge in [0.1, 0.15) is 0 Å². The van der Waals surface area contributed by atoms with E-state index in [0.29, 0.717) is 23.5 Å². The summed E-state index contributed by atoms with van der Waals surface area (Å²) < 4.78 is 32.7. The first-order valence-electron chi connectivity index (χ1n) is 6.40. The van der Waals surface area contributed by atoms with Crippen molar-refractivity contribution in [2.45, 2.75) is 18.4 Å². The minimum absolute atomic E-state index is 0.212. The number of hydrogen-bond acceptors (Lipinski definition) is 4. The van der Waals surface area contributed by atoms with E-state index in [1.165, 1.54) is 6.07 Å². The SMILES string of the molecule is COCc1ccccc1NS(=O)(=O)c1ccc(N)cc1C. The zero-order valence-electron chi connectivity index (χ0n) is 12.0. The van der Waals surface area contributed by atoms with E-state index in [2.05, 4.69) is 4.72 Å². The van der Waals surface area contributed by atoms with Gasteiger partial charge in [-0.2, -0.15) is 0 Å². The molecule has 0 spiro atoms. The van der Waals surface area contributed by atoms with Crippen molar-refractivity contribution in [2.75, 3.05) is 17.6 Å². The minimum Gasteiger partial charge on any atom is -0.399 e. The average molecular weight is 306 g/mol. The molecule has 0 bridgehead atoms. The summed E-state index contributed by atoms with van der Waals surface area (Å²) in [5.74, 6) is 0. The second-order valence-corrected chi connectivity index (χ2v) is 6.37. The van der Waals surface area contributed by atoms with Crippen molar-refractivity contribution in [1.29, 1.82) is 0 Å². The van der Waals surface area contributed by atoms with Crippen molar-refractivity contribution in [1.82, 2.24) is 0 Å². The fourth-order valence-electron chi connectivity index (χ4n) is 2.08. The highest BCUT2D eigenvalue weighted by molar-refractivity contribution is 7.92. The molecule has 0 saturated heterocycles. The van der Waals surface area contributed by atoms with Crippen LogP contribution in [0.4, 0.5) is 11.4 Å². The molecule has 0 saturated carbocycles. The van der Waals surface area contributed by atoms with Crippen molar-refractivity contribution < 1.29 is 13.2 Å². The van der Waals surface area contributed by atoms with Gasteiger partial charge in [0.25, 0.3) is 10.0 Å². The maximum atomic E-state index is 12.5. The van der Waals surface area contributed by atoms with Crippen LogP contribution in [0.1, 0.15) is 11.1 Å². The molecule has 2 aromatic rings. The number of nitrogens with two attached hydrogens (primary N) is 1. The van der Waals surface area contributed by atoms with E-state index >= 15 is 0 Å². The summed E-state index contributed by atoms with van der Waals surface area (Å²) in [6.07, 6.45) is 0. The topological polar surface area (TPSA) is 81.4 Å². The van der Waals surface area contributed by atoms with Crippen LogP contribution >= 0.6 is 0 Å². The summed E-state index contributed by atoms with van der Waals surface area (Å²) in [6.45, 7) is 2.05. The number of methoxy groups -OCH3 is 1. The summed E-state index contributed by atoms with van der Waals surface area (Å²) in [4.78, 5) is 0.212. The number of ether oxygens (including phenoxy) is 1. The summed E-state index contributed by atoms with van der Waals surface area (Å²) >= 11 is 0. The molecule has 0 radical (unpaired) electrons. The lowest BCUT2D eigenvalue weighted by atomic mass is 10.2. The van der Waals surface area contributed by atoms with Crippen molar-refractivity contribution in [3.63, 3.8) is 0 Å². The summed E-state index contributed by atoms with van der Waals surface area (Å²) in [7, 11) is -2.10. The van der Waals surface area contributed by atoms with Crippen LogP contribution in [0.15, 0.2) is 47.4 Å². The van der Waals surface area contributed by atoms with Crippen LogP contribution in [0.3, 0.4) is 0 Å². The third kappa shape index (κ3) is 3.53. The van der Waals surface area contributed by atoms with E-state index in [4.69, 9.17) is 10.5 Å². The molecule has 0 unspecified atom stereocenters. The second kappa shape index (κ2) is 6.15. The molecule has 6 heteroatoms. The Morgan fingerprint density at radius 3 is 2.57 bits per heavy atom. The molecule has 0 atom stereocenters. The highest BCUT2D eigenvalue weighted by Gasteiger charge is 2.18. The van der Waals surface area contributed by atoms with E-state index in [1.54, 1.807) is 38.3 Å². The van der Waals surface area contributed by atoms with Gasteiger partial charge in [-0.05, 0) is 36.8 Å². The van der Waals surface area contributed by atoms with Crippen LogP contribution in [0.5, 0.6) is 0 Å². The molecule has 0 aliphatic heterocycles. The van der Waals surface area contributed by atoms with Crippen molar-refractivity contribution in [3.8, 4) is 0 Å². The molecular weight excluding hydrogens is 288 g/mol. The van der Waals surface area contributed by atoms with Crippen LogP contribution in [0.25, 0.3) is 0 Å². The van der Waals surface area contributed by atoms with Gasteiger partial charge in [-0.3, -0.25) is 4.72 Å². The zero-order valence-corrected chi connectivity index (χ0v) is 12.8. The number of para-hydroxylation sites is 1. The van der Waals surface area contributed by atoms with Crippen LogP contribution in [-0.2, 0) is 21.4 Å². The fourth-order valence-corrected chi connectivity index (χ4v) is 3.40. The molecule has 112 valence electrons. The van der Waals surface area contributed by atoms with Gasteiger partial charge < -0.3 is 10.5 Å². The lowest BCUT2D eigenvalue weighted by Gasteiger charge is -2.13. The highest BCUT2D eigenvalue weighted by Crippen LogP contribution is 2.23. The van der Waals surface area contributed by atoms with Crippen molar-refractivity contribution in [3.05, 3.63) is 53.6 Å². The smallest absolute Gasteiger partial charge is 0.262 e. The first kappa shape index (κ1) is 15.3. The predicted octanol–water partition coefficient (Wildman–Crippen LogP) is 2.52. The lowest BCUT2D eigenvalue weighted by Crippen LogP contribution is -2.15. The molecule has 3 N–H and O–H groups in total. The summed E-state index contributed by atoms with van der Waals surface area (Å²) in [5.41, 5.74) is 8.08. The summed E-state index contributed by atoms with van der Waals surface area (Å²) in [6, 6.07) is 11.8. The quantitative estimate of drug-likeness (QED) is 0.832. The van der Waals surface area contributed by atoms with Gasteiger partial charge in [-0.15, -0.1) is 0 Å². The van der Waals surface area contributed by atoms with Gasteiger partial charge >= 0.3 is 0 Å². The van der Waals surface area contributed by atoms with Crippen LogP contribution in [-0.4, -0.2) is 15.5 Å². The number of hydrogen-bond donors (Lipinski definition) is 2. The van der Waals surface area contributed by atoms with Gasteiger partial charge in [0.05, 0.1) is 17.2 Å². The molecule has 0 aliphatic carbocycles. The first-order chi connectivity index (χ1) is 9.94. The second-order valence-electron chi connectivity index (χ2n) is 4.72. The van der Waals surface area contributed by atoms with Gasteiger partial charge in [0, 0.05) is 18.4 Å². The fraction of sp³-hybridized carbons (Fsp3) is 0.200. The minimum atomic E-state index is -3.66. The molecule has 0 aromatic heterocycles. The lowest BCUT2D eigenvalue weighted by molar-refractivity contribution is 0.185. The summed E-state index contributed by atoms with van der Waals surface area (Å²) in [5, 5.41) is 0. The third-order valence-corrected chi connectivity index (χ3v) is 4.58. The van der Waals surface area contributed by atoms with Crippen LogP contribution in [0.2, 0.25) is 0 Å². The van der Waals surface area contributed by atoms with Gasteiger partial charge in [0.15, 0.2) is 0 Å². The van der Waals surface area contributed by atoms with E-state index in [-0.39, 0.29) is 4.90 Å². The Labute approximate surface area is 124 Å². The predicted molar refractivity (Wildman–Crippen MR) is 83.6 cm³/mol. The maximum absolute atomic E-state index is 12.5. The number of rotatable bonds is 5. The number of sulfonamides is 1. The van der Waals surface area contributed by atoms with Gasteiger partial charge in [-0.25, -0.2) is 8.42 Å². The first-order valence-corrected chi connectivity index (χ1v) is 7.88. The Bertz CT molecular complexity index is 742. The zero-order chi connectivity index (χ0) is 15.5. The third-order valence-electron chi connectivity index (χ3n) is 3.05. The Morgan fingerprint density at radius 2 is 1.90 bits per heavy atom. The van der Waals surface area contributed by atoms with Crippen LogP contribution < -0.4 is 10.5 Å². The Balaban J connectivity index is 2.38. The molecule has 0 fully saturated rings. The maximum Gasteiger partial charge on any atom is 0.262 e. The molecular formula is C15H18N2O3S. The molecule has 2 aromatic carbocycles. The number of aryl methyl sites for hydroxylation is 1. The molecule has 0 heterocycles. The Kier molecular flexibility index (Phi) is 4.50. The van der Waals surface area contributed by atoms with E-state index in [0.717, 1.165) is 5.56 Å². The largest absolute Gasteiger partial charge is 0.399 e. The molecule has 0 amide bonds.